The van der Waals surface area contributed by atoms with Crippen molar-refractivity contribution in [1.29, 1.82) is 0 Å². The molecular weight excluding hydrogens is 256 g/mol. The molecule has 1 aromatic carbocycles. The standard InChI is InChI=1S/C19H22N2/c1-2-19-10-5-12-21(14-19)13-9-16-15-6-3-4-7-17(15)20-18(16)8-11-19/h3-8,10-11,20H,2,9,12-14H2,1H3/t19-/m1/s1. The van der Waals surface area contributed by atoms with Crippen LogP contribution in [0.25, 0.3) is 17.0 Å². The molecule has 2 aliphatic rings. The number of rotatable bonds is 1. The summed E-state index contributed by atoms with van der Waals surface area (Å²) in [6.45, 7) is 5.68. The molecule has 1 unspecified atom stereocenters. The van der Waals surface area contributed by atoms with Crippen LogP contribution in [0.4, 0.5) is 0 Å². The van der Waals surface area contributed by atoms with Gasteiger partial charge < -0.3 is 4.98 Å². The van der Waals surface area contributed by atoms with Crippen molar-refractivity contribution in [1.82, 2.24) is 9.88 Å². The van der Waals surface area contributed by atoms with Crippen molar-refractivity contribution in [3.05, 3.63) is 53.8 Å². The first-order chi connectivity index (χ1) is 10.3. The number of aromatic amines is 1. The van der Waals surface area contributed by atoms with Gasteiger partial charge >= 0.3 is 0 Å². The number of fused-ring (bicyclic) bond motifs is 5. The molecule has 2 aliphatic heterocycles. The summed E-state index contributed by atoms with van der Waals surface area (Å²) in [5.74, 6) is 0. The number of aromatic nitrogens is 1. The Kier molecular flexibility index (Phi) is 3.00. The van der Waals surface area contributed by atoms with Crippen LogP contribution in [0.2, 0.25) is 0 Å². The third kappa shape index (κ3) is 2.14. The van der Waals surface area contributed by atoms with Crippen LogP contribution in [0.1, 0.15) is 24.6 Å². The van der Waals surface area contributed by atoms with E-state index in [1.54, 1.807) is 0 Å². The Morgan fingerprint density at radius 1 is 1.24 bits per heavy atom. The van der Waals surface area contributed by atoms with Crippen molar-refractivity contribution in [2.45, 2.75) is 19.8 Å². The molecule has 21 heavy (non-hydrogen) atoms. The highest BCUT2D eigenvalue weighted by atomic mass is 15.1. The number of hydrogen-bond acceptors (Lipinski definition) is 1. The van der Waals surface area contributed by atoms with Gasteiger partial charge in [-0.1, -0.05) is 43.4 Å². The lowest BCUT2D eigenvalue weighted by atomic mass is 9.82. The zero-order valence-electron chi connectivity index (χ0n) is 12.6. The van der Waals surface area contributed by atoms with Crippen molar-refractivity contribution in [3.63, 3.8) is 0 Å². The SMILES string of the molecule is CC[C@@]12C=CCN(CCc3c([nH]c4ccccc34)C=C1)C2. The molecule has 1 aromatic heterocycles. The van der Waals surface area contributed by atoms with E-state index in [1.807, 2.05) is 0 Å². The van der Waals surface area contributed by atoms with Crippen LogP contribution < -0.4 is 0 Å². The molecule has 0 saturated heterocycles. The minimum Gasteiger partial charge on any atom is -0.355 e. The average Bonchev–Trinajstić information content (AvgIpc) is 2.90. The molecule has 108 valence electrons. The molecule has 0 aliphatic carbocycles. The van der Waals surface area contributed by atoms with Crippen LogP contribution in [-0.2, 0) is 6.42 Å². The summed E-state index contributed by atoms with van der Waals surface area (Å²) in [7, 11) is 0. The summed E-state index contributed by atoms with van der Waals surface area (Å²) < 4.78 is 0. The fourth-order valence-electron chi connectivity index (χ4n) is 3.75. The number of hydrogen-bond donors (Lipinski definition) is 1. The molecular formula is C19H22N2. The van der Waals surface area contributed by atoms with Gasteiger partial charge in [-0.05, 0) is 30.5 Å². The van der Waals surface area contributed by atoms with E-state index >= 15 is 0 Å². The van der Waals surface area contributed by atoms with Crippen molar-refractivity contribution in [2.24, 2.45) is 5.41 Å². The summed E-state index contributed by atoms with van der Waals surface area (Å²) in [6.07, 6.45) is 11.8. The smallest absolute Gasteiger partial charge is 0.0461 e. The van der Waals surface area contributed by atoms with Crippen LogP contribution in [0, 0.1) is 5.41 Å². The summed E-state index contributed by atoms with van der Waals surface area (Å²) in [4.78, 5) is 6.19. The third-order valence-corrected chi connectivity index (χ3v) is 5.10. The van der Waals surface area contributed by atoms with E-state index in [9.17, 15) is 0 Å². The first-order valence-corrected chi connectivity index (χ1v) is 7.98. The molecule has 4 rings (SSSR count). The van der Waals surface area contributed by atoms with Gasteiger partial charge in [0.15, 0.2) is 0 Å². The van der Waals surface area contributed by atoms with Gasteiger partial charge in [0, 0.05) is 41.6 Å². The predicted octanol–water partition coefficient (Wildman–Crippen LogP) is 4.01. The highest BCUT2D eigenvalue weighted by molar-refractivity contribution is 5.87. The first-order valence-electron chi connectivity index (χ1n) is 7.98. The van der Waals surface area contributed by atoms with Gasteiger partial charge in [0.25, 0.3) is 0 Å². The van der Waals surface area contributed by atoms with E-state index in [4.69, 9.17) is 0 Å². The molecule has 0 radical (unpaired) electrons. The highest BCUT2D eigenvalue weighted by Gasteiger charge is 2.29. The van der Waals surface area contributed by atoms with E-state index in [-0.39, 0.29) is 5.41 Å². The number of nitrogens with zero attached hydrogens (tertiary/aromatic N) is 1. The highest BCUT2D eigenvalue weighted by Crippen LogP contribution is 2.34. The Balaban J connectivity index is 1.86. The van der Waals surface area contributed by atoms with Crippen LogP contribution in [0.3, 0.4) is 0 Å². The number of nitrogens with one attached hydrogen (secondary N) is 1. The van der Waals surface area contributed by atoms with E-state index < -0.39 is 0 Å². The summed E-state index contributed by atoms with van der Waals surface area (Å²) in [5, 5.41) is 1.38. The largest absolute Gasteiger partial charge is 0.355 e. The van der Waals surface area contributed by atoms with E-state index in [2.05, 4.69) is 65.4 Å². The maximum Gasteiger partial charge on any atom is 0.0461 e. The van der Waals surface area contributed by atoms with Gasteiger partial charge in [0.2, 0.25) is 0 Å². The Hall–Kier alpha value is -1.80. The molecule has 0 saturated carbocycles. The van der Waals surface area contributed by atoms with Gasteiger partial charge in [0.1, 0.15) is 0 Å². The Morgan fingerprint density at radius 3 is 3.05 bits per heavy atom. The van der Waals surface area contributed by atoms with E-state index in [1.165, 1.54) is 22.2 Å². The zero-order chi connectivity index (χ0) is 14.3. The van der Waals surface area contributed by atoms with Gasteiger partial charge in [-0.2, -0.15) is 0 Å². The van der Waals surface area contributed by atoms with Gasteiger partial charge in [0.05, 0.1) is 0 Å². The first kappa shape index (κ1) is 12.9. The molecule has 2 nitrogen and oxygen atoms in total. The monoisotopic (exact) mass is 278 g/mol. The molecule has 2 heteroatoms. The number of benzene rings is 1. The topological polar surface area (TPSA) is 19.0 Å². The molecule has 2 bridgehead atoms. The Labute approximate surface area is 126 Å². The van der Waals surface area contributed by atoms with E-state index in [0.29, 0.717) is 0 Å². The molecule has 3 heterocycles. The maximum atomic E-state index is 3.60. The van der Waals surface area contributed by atoms with Crippen LogP contribution in [-0.4, -0.2) is 29.5 Å². The Morgan fingerprint density at radius 2 is 2.14 bits per heavy atom. The minimum atomic E-state index is 0.206. The molecule has 0 fully saturated rings. The molecule has 0 amide bonds. The van der Waals surface area contributed by atoms with Crippen molar-refractivity contribution >= 4 is 17.0 Å². The van der Waals surface area contributed by atoms with Crippen LogP contribution in [0.5, 0.6) is 0 Å². The zero-order valence-corrected chi connectivity index (χ0v) is 12.6. The number of para-hydroxylation sites is 1. The predicted molar refractivity (Wildman–Crippen MR) is 89.3 cm³/mol. The lowest BCUT2D eigenvalue weighted by Crippen LogP contribution is -2.39. The average molecular weight is 278 g/mol. The van der Waals surface area contributed by atoms with Crippen LogP contribution >= 0.6 is 0 Å². The second kappa shape index (κ2) is 4.88. The summed E-state index contributed by atoms with van der Waals surface area (Å²) >= 11 is 0. The molecule has 2 atom stereocenters. The lowest BCUT2D eigenvalue weighted by Gasteiger charge is -2.36. The summed E-state index contributed by atoms with van der Waals surface area (Å²) in [5.41, 5.74) is 4.23. The van der Waals surface area contributed by atoms with Crippen LogP contribution in [0.15, 0.2) is 42.5 Å². The normalized spacial score (nSPS) is 28.0. The fraction of sp³-hybridized carbons (Fsp3) is 0.368. The molecule has 2 aromatic rings. The van der Waals surface area contributed by atoms with Crippen molar-refractivity contribution < 1.29 is 0 Å². The Bertz CT molecular complexity index is 722. The van der Waals surface area contributed by atoms with Gasteiger partial charge in [-0.25, -0.2) is 0 Å². The van der Waals surface area contributed by atoms with E-state index in [0.717, 1.165) is 32.5 Å². The fourth-order valence-corrected chi connectivity index (χ4v) is 3.75. The third-order valence-electron chi connectivity index (χ3n) is 5.10. The maximum absolute atomic E-state index is 3.60. The second-order valence-corrected chi connectivity index (χ2v) is 6.37. The number of H-pyrrole nitrogens is 1. The van der Waals surface area contributed by atoms with Crippen molar-refractivity contribution in [3.8, 4) is 0 Å². The summed E-state index contributed by atoms with van der Waals surface area (Å²) in [6, 6.07) is 8.67. The lowest BCUT2D eigenvalue weighted by molar-refractivity contribution is 0.219. The quantitative estimate of drug-likeness (QED) is 0.781. The van der Waals surface area contributed by atoms with Gasteiger partial charge in [-0.3, -0.25) is 4.90 Å². The second-order valence-electron chi connectivity index (χ2n) is 6.37. The van der Waals surface area contributed by atoms with Gasteiger partial charge in [-0.15, -0.1) is 0 Å². The molecule has 1 N–H and O–H groups in total. The van der Waals surface area contributed by atoms with Crippen molar-refractivity contribution in [2.75, 3.05) is 19.6 Å². The minimum absolute atomic E-state index is 0.206. The molecule has 0 spiro atoms.